The number of tetrazole rings is 1. The first-order valence-corrected chi connectivity index (χ1v) is 11.3. The molecule has 6 heteroatoms. The van der Waals surface area contributed by atoms with Gasteiger partial charge < -0.3 is 0 Å². The third-order valence-electron chi connectivity index (χ3n) is 5.09. The van der Waals surface area contributed by atoms with Crippen LogP contribution in [0.3, 0.4) is 0 Å². The number of rotatable bonds is 5. The quantitative estimate of drug-likeness (QED) is 0.349. The van der Waals surface area contributed by atoms with E-state index in [0.29, 0.717) is 11.8 Å². The lowest BCUT2D eigenvalue weighted by molar-refractivity contribution is 0.760. The van der Waals surface area contributed by atoms with E-state index in [1.54, 1.807) is 11.8 Å². The summed E-state index contributed by atoms with van der Waals surface area (Å²) in [7, 11) is 0. The summed E-state index contributed by atoms with van der Waals surface area (Å²) in [6.45, 7) is 4.00. The maximum absolute atomic E-state index is 6.34. The van der Waals surface area contributed by atoms with Crippen LogP contribution in [-0.2, 0) is 0 Å². The van der Waals surface area contributed by atoms with Crippen molar-refractivity contribution in [2.45, 2.75) is 31.3 Å². The lowest BCUT2D eigenvalue weighted by Crippen LogP contribution is -2.01. The van der Waals surface area contributed by atoms with E-state index in [0.717, 1.165) is 27.0 Å². The number of fused-ring (bicyclic) bond motifs is 1. The van der Waals surface area contributed by atoms with Gasteiger partial charge in [0.25, 0.3) is 0 Å². The number of thioether (sulfide) groups is 1. The highest BCUT2D eigenvalue weighted by Crippen LogP contribution is 2.51. The third kappa shape index (κ3) is 4.16. The molecule has 0 saturated heterocycles. The Hall–Kier alpha value is -2.37. The molecule has 1 aliphatic carbocycles. The predicted octanol–water partition coefficient (Wildman–Crippen LogP) is 6.39. The highest BCUT2D eigenvalue weighted by Gasteiger charge is 2.39. The predicted molar refractivity (Wildman–Crippen MR) is 121 cm³/mol. The number of aromatic nitrogens is 4. The van der Waals surface area contributed by atoms with Crippen molar-refractivity contribution in [1.29, 1.82) is 0 Å². The van der Waals surface area contributed by atoms with Crippen molar-refractivity contribution in [3.63, 3.8) is 0 Å². The number of hydrogen-bond donors (Lipinski definition) is 0. The van der Waals surface area contributed by atoms with Crippen LogP contribution < -0.4 is 0 Å². The second kappa shape index (κ2) is 8.97. The Morgan fingerprint density at radius 3 is 2.62 bits per heavy atom. The molecule has 148 valence electrons. The summed E-state index contributed by atoms with van der Waals surface area (Å²) in [5.41, 5.74) is 2.28. The summed E-state index contributed by atoms with van der Waals surface area (Å²) in [6.07, 6.45) is 1.17. The third-order valence-corrected chi connectivity index (χ3v) is 6.54. The Morgan fingerprint density at radius 1 is 1.00 bits per heavy atom. The summed E-state index contributed by atoms with van der Waals surface area (Å²) >= 11 is 8.06. The van der Waals surface area contributed by atoms with E-state index < -0.39 is 0 Å². The van der Waals surface area contributed by atoms with Crippen LogP contribution in [0.25, 0.3) is 16.5 Å². The van der Waals surface area contributed by atoms with Crippen LogP contribution in [0.4, 0.5) is 0 Å². The Balaban J connectivity index is 0.000000994. The molecule has 0 bridgehead atoms. The molecule has 0 radical (unpaired) electrons. The van der Waals surface area contributed by atoms with E-state index in [9.17, 15) is 0 Å². The van der Waals surface area contributed by atoms with Crippen molar-refractivity contribution in [1.82, 2.24) is 20.2 Å². The molecular weight excluding hydrogens is 400 g/mol. The van der Waals surface area contributed by atoms with Crippen LogP contribution in [0.2, 0.25) is 5.02 Å². The Labute approximate surface area is 180 Å². The fourth-order valence-corrected chi connectivity index (χ4v) is 4.94. The maximum atomic E-state index is 6.34. The molecule has 1 saturated carbocycles. The average molecular weight is 423 g/mol. The Kier molecular flexibility index (Phi) is 6.16. The lowest BCUT2D eigenvalue weighted by Gasteiger charge is -2.08. The summed E-state index contributed by atoms with van der Waals surface area (Å²) in [6, 6.07) is 22.7. The number of benzene rings is 3. The zero-order valence-electron chi connectivity index (χ0n) is 16.5. The molecule has 3 aromatic carbocycles. The van der Waals surface area contributed by atoms with Crippen LogP contribution in [0.1, 0.15) is 31.7 Å². The van der Waals surface area contributed by atoms with Gasteiger partial charge in [-0.25, -0.2) is 0 Å². The van der Waals surface area contributed by atoms with Gasteiger partial charge in [0, 0.05) is 16.2 Å². The summed E-state index contributed by atoms with van der Waals surface area (Å²) in [4.78, 5) is 0. The minimum atomic E-state index is 0.549. The van der Waals surface area contributed by atoms with E-state index in [1.807, 2.05) is 48.9 Å². The molecule has 1 aliphatic rings. The smallest absolute Gasteiger partial charge is 0.187 e. The molecule has 1 fully saturated rings. The lowest BCUT2D eigenvalue weighted by atomic mass is 10.1. The van der Waals surface area contributed by atoms with Gasteiger partial charge >= 0.3 is 0 Å². The first-order chi connectivity index (χ1) is 14.3. The molecule has 4 nitrogen and oxygen atoms in total. The van der Waals surface area contributed by atoms with Gasteiger partial charge in [0.05, 0.1) is 5.69 Å². The second-order valence-electron chi connectivity index (χ2n) is 6.81. The SMILES string of the molecule is CC.Clc1ccccc1C1CC1CSc1nnnn1-c1cccc2ccccc12. The van der Waals surface area contributed by atoms with E-state index in [4.69, 9.17) is 11.6 Å². The van der Waals surface area contributed by atoms with Gasteiger partial charge in [0.15, 0.2) is 0 Å². The molecule has 0 aliphatic heterocycles. The first-order valence-electron chi connectivity index (χ1n) is 9.95. The highest BCUT2D eigenvalue weighted by molar-refractivity contribution is 7.99. The zero-order chi connectivity index (χ0) is 20.2. The van der Waals surface area contributed by atoms with Gasteiger partial charge in [-0.1, -0.05) is 91.8 Å². The molecule has 0 amide bonds. The second-order valence-corrected chi connectivity index (χ2v) is 8.20. The van der Waals surface area contributed by atoms with Crippen molar-refractivity contribution in [2.24, 2.45) is 5.92 Å². The standard InChI is InChI=1S/C21H17ClN4S.C2H6/c22-19-10-4-3-9-17(19)18-12-15(18)13-27-21-23-24-25-26(21)20-11-5-7-14-6-1-2-8-16(14)20;1-2/h1-11,15,18H,12-13H2;1-2H3. The van der Waals surface area contributed by atoms with Crippen LogP contribution >= 0.6 is 23.4 Å². The van der Waals surface area contributed by atoms with Crippen molar-refractivity contribution in [3.8, 4) is 5.69 Å². The summed E-state index contributed by atoms with van der Waals surface area (Å²) in [5, 5.41) is 16.4. The van der Waals surface area contributed by atoms with Gasteiger partial charge in [0.2, 0.25) is 5.16 Å². The van der Waals surface area contributed by atoms with E-state index in [1.165, 1.54) is 17.4 Å². The van der Waals surface area contributed by atoms with Crippen molar-refractivity contribution >= 4 is 34.1 Å². The van der Waals surface area contributed by atoms with Gasteiger partial charge in [-0.2, -0.15) is 4.68 Å². The van der Waals surface area contributed by atoms with Crippen LogP contribution in [0.5, 0.6) is 0 Å². The Bertz CT molecular complexity index is 1110. The van der Waals surface area contributed by atoms with Crippen LogP contribution in [0.15, 0.2) is 71.9 Å². The van der Waals surface area contributed by atoms with Crippen molar-refractivity contribution in [3.05, 3.63) is 77.3 Å². The molecule has 1 aromatic heterocycles. The minimum absolute atomic E-state index is 0.549. The summed E-state index contributed by atoms with van der Waals surface area (Å²) in [5.74, 6) is 2.15. The molecule has 5 rings (SSSR count). The van der Waals surface area contributed by atoms with Crippen LogP contribution in [-0.4, -0.2) is 26.0 Å². The molecular formula is C23H23ClN4S. The maximum Gasteiger partial charge on any atom is 0.214 e. The van der Waals surface area contributed by atoms with Crippen LogP contribution in [0, 0.1) is 5.92 Å². The van der Waals surface area contributed by atoms with Gasteiger partial charge in [-0.15, -0.1) is 5.10 Å². The molecule has 4 aromatic rings. The van der Waals surface area contributed by atoms with E-state index >= 15 is 0 Å². The minimum Gasteiger partial charge on any atom is -0.187 e. The molecule has 0 spiro atoms. The fourth-order valence-electron chi connectivity index (χ4n) is 3.58. The number of hydrogen-bond acceptors (Lipinski definition) is 4. The van der Waals surface area contributed by atoms with E-state index in [2.05, 4.69) is 51.9 Å². The normalized spacial score (nSPS) is 17.6. The molecule has 0 N–H and O–H groups in total. The number of halogens is 1. The van der Waals surface area contributed by atoms with Crippen molar-refractivity contribution in [2.75, 3.05) is 5.75 Å². The molecule has 1 heterocycles. The molecule has 2 atom stereocenters. The summed E-state index contributed by atoms with van der Waals surface area (Å²) < 4.78 is 1.85. The van der Waals surface area contributed by atoms with Gasteiger partial charge in [0.1, 0.15) is 0 Å². The monoisotopic (exact) mass is 422 g/mol. The Morgan fingerprint density at radius 2 is 1.76 bits per heavy atom. The molecule has 2 unspecified atom stereocenters. The highest BCUT2D eigenvalue weighted by atomic mass is 35.5. The molecule has 29 heavy (non-hydrogen) atoms. The first kappa shape index (κ1) is 19.9. The van der Waals surface area contributed by atoms with E-state index in [-0.39, 0.29) is 0 Å². The fraction of sp³-hybridized carbons (Fsp3) is 0.261. The zero-order valence-corrected chi connectivity index (χ0v) is 18.1. The average Bonchev–Trinajstić information content (AvgIpc) is 3.39. The van der Waals surface area contributed by atoms with Crippen molar-refractivity contribution < 1.29 is 0 Å². The van der Waals surface area contributed by atoms with Gasteiger partial charge in [-0.3, -0.25) is 0 Å². The largest absolute Gasteiger partial charge is 0.214 e. The topological polar surface area (TPSA) is 43.6 Å². The number of nitrogens with zero attached hydrogens (tertiary/aromatic N) is 4. The van der Waals surface area contributed by atoms with Gasteiger partial charge in [-0.05, 0) is 51.8 Å².